The van der Waals surface area contributed by atoms with Crippen LogP contribution in [0.3, 0.4) is 0 Å². The van der Waals surface area contributed by atoms with Crippen molar-refractivity contribution in [2.45, 2.75) is 39.8 Å². The highest BCUT2D eigenvalue weighted by molar-refractivity contribution is 5.52. The second-order valence-corrected chi connectivity index (χ2v) is 7.39. The maximum atomic E-state index is 4.37. The molecule has 0 radical (unpaired) electrons. The summed E-state index contributed by atoms with van der Waals surface area (Å²) in [5, 5.41) is 16.1. The molecule has 7 nitrogen and oxygen atoms in total. The minimum Gasteiger partial charge on any atom is -0.304 e. The van der Waals surface area contributed by atoms with Crippen molar-refractivity contribution in [1.82, 2.24) is 35.0 Å². The van der Waals surface area contributed by atoms with Crippen LogP contribution in [0.1, 0.15) is 26.5 Å². The second-order valence-electron chi connectivity index (χ2n) is 7.39. The molecule has 2 aromatic rings. The van der Waals surface area contributed by atoms with Gasteiger partial charge < -0.3 is 4.90 Å². The molecule has 0 amide bonds. The third-order valence-electron chi connectivity index (χ3n) is 4.67. The van der Waals surface area contributed by atoms with Crippen LogP contribution in [-0.2, 0) is 13.0 Å². The Morgan fingerprint density at radius 3 is 2.58 bits per heavy atom. The molecule has 1 N–H and O–H groups in total. The Morgan fingerprint density at radius 2 is 1.88 bits per heavy atom. The largest absolute Gasteiger partial charge is 0.304 e. The third kappa shape index (κ3) is 4.21. The lowest BCUT2D eigenvalue weighted by atomic mass is 10.1. The highest BCUT2D eigenvalue weighted by atomic mass is 15.4. The van der Waals surface area contributed by atoms with Crippen molar-refractivity contribution in [2.24, 2.45) is 5.92 Å². The number of likely N-dealkylation sites (N-methyl/N-ethyl adjacent to an activating group) is 1. The maximum absolute atomic E-state index is 4.37. The molecule has 1 aliphatic rings. The lowest BCUT2D eigenvalue weighted by Crippen LogP contribution is -2.49. The number of H-pyrrole nitrogens is 1. The quantitative estimate of drug-likeness (QED) is 0.869. The van der Waals surface area contributed by atoms with Gasteiger partial charge >= 0.3 is 0 Å². The molecule has 0 bridgehead atoms. The molecular weight excluding hydrogens is 302 g/mol. The van der Waals surface area contributed by atoms with Gasteiger partial charge in [0, 0.05) is 37.9 Å². The van der Waals surface area contributed by atoms with Crippen LogP contribution in [0.2, 0.25) is 0 Å². The summed E-state index contributed by atoms with van der Waals surface area (Å²) in [6.07, 6.45) is 3.00. The number of rotatable bonds is 6. The van der Waals surface area contributed by atoms with Crippen LogP contribution in [0.5, 0.6) is 0 Å². The lowest BCUT2D eigenvalue weighted by molar-refractivity contribution is 0.108. The molecule has 0 spiro atoms. The van der Waals surface area contributed by atoms with Crippen LogP contribution in [0, 0.1) is 5.92 Å². The Morgan fingerprint density at radius 1 is 1.12 bits per heavy atom. The van der Waals surface area contributed by atoms with Crippen molar-refractivity contribution in [3.8, 4) is 11.4 Å². The van der Waals surface area contributed by atoms with Gasteiger partial charge in [0.05, 0.1) is 12.7 Å². The van der Waals surface area contributed by atoms with Gasteiger partial charge in [-0.05, 0) is 32.4 Å². The molecule has 1 saturated heterocycles. The standard InChI is InChI=1S/C17H29N7/c1-13(2)9-15-10-16(19-18-15)17-12-24(21-20-17)11-14(3)23-7-5-22(4)6-8-23/h10,12-14H,5-9,11H2,1-4H3,(H,18,19)/t14-/m0/s1. The van der Waals surface area contributed by atoms with E-state index in [1.807, 2.05) is 10.9 Å². The highest BCUT2D eigenvalue weighted by Gasteiger charge is 2.20. The molecular formula is C17H29N7. The Hall–Kier alpha value is -1.73. The minimum atomic E-state index is 0.462. The topological polar surface area (TPSA) is 65.9 Å². The Kier molecular flexibility index (Phi) is 5.30. The SMILES string of the molecule is CC(C)Cc1cc(-c2cn(C[C@H](C)N3CCN(C)CC3)nn2)n[nH]1. The van der Waals surface area contributed by atoms with Gasteiger partial charge in [0.15, 0.2) is 0 Å². The van der Waals surface area contributed by atoms with Crippen LogP contribution in [0.15, 0.2) is 12.3 Å². The van der Waals surface area contributed by atoms with E-state index in [4.69, 9.17) is 0 Å². The fourth-order valence-corrected chi connectivity index (χ4v) is 3.19. The first-order valence-corrected chi connectivity index (χ1v) is 8.88. The van der Waals surface area contributed by atoms with Gasteiger partial charge in [-0.3, -0.25) is 14.7 Å². The molecule has 0 aromatic carbocycles. The molecule has 1 aliphatic heterocycles. The maximum Gasteiger partial charge on any atom is 0.133 e. The van der Waals surface area contributed by atoms with Crippen LogP contribution in [-0.4, -0.2) is 74.3 Å². The van der Waals surface area contributed by atoms with Gasteiger partial charge in [-0.2, -0.15) is 5.10 Å². The summed E-state index contributed by atoms with van der Waals surface area (Å²) in [4.78, 5) is 4.90. The summed E-state index contributed by atoms with van der Waals surface area (Å²) in [6.45, 7) is 12.1. The number of piperazine rings is 1. The number of hydrogen-bond acceptors (Lipinski definition) is 5. The van der Waals surface area contributed by atoms with Crippen molar-refractivity contribution < 1.29 is 0 Å². The summed E-state index contributed by atoms with van der Waals surface area (Å²) in [6, 6.07) is 2.54. The van der Waals surface area contributed by atoms with E-state index < -0.39 is 0 Å². The second kappa shape index (κ2) is 7.44. The molecule has 0 unspecified atom stereocenters. The van der Waals surface area contributed by atoms with Gasteiger partial charge in [-0.15, -0.1) is 5.10 Å². The van der Waals surface area contributed by atoms with Crippen molar-refractivity contribution in [2.75, 3.05) is 33.2 Å². The zero-order valence-corrected chi connectivity index (χ0v) is 15.2. The van der Waals surface area contributed by atoms with E-state index in [1.54, 1.807) is 0 Å². The minimum absolute atomic E-state index is 0.462. The summed E-state index contributed by atoms with van der Waals surface area (Å²) in [7, 11) is 2.18. The van der Waals surface area contributed by atoms with E-state index in [0.29, 0.717) is 12.0 Å². The Labute approximate surface area is 144 Å². The van der Waals surface area contributed by atoms with Crippen LogP contribution >= 0.6 is 0 Å². The summed E-state index contributed by atoms with van der Waals surface area (Å²) < 4.78 is 1.94. The molecule has 7 heteroatoms. The number of hydrogen-bond donors (Lipinski definition) is 1. The van der Waals surface area contributed by atoms with Crippen molar-refractivity contribution >= 4 is 0 Å². The zero-order valence-electron chi connectivity index (χ0n) is 15.2. The predicted molar refractivity (Wildman–Crippen MR) is 94.7 cm³/mol. The molecule has 3 rings (SSSR count). The third-order valence-corrected chi connectivity index (χ3v) is 4.67. The molecule has 1 atom stereocenters. The van der Waals surface area contributed by atoms with E-state index in [0.717, 1.165) is 56.2 Å². The molecule has 0 saturated carbocycles. The fraction of sp³-hybridized carbons (Fsp3) is 0.706. The van der Waals surface area contributed by atoms with E-state index >= 15 is 0 Å². The first kappa shape index (κ1) is 17.1. The van der Waals surface area contributed by atoms with Gasteiger partial charge in [-0.25, -0.2) is 0 Å². The summed E-state index contributed by atoms with van der Waals surface area (Å²) >= 11 is 0. The molecule has 132 valence electrons. The summed E-state index contributed by atoms with van der Waals surface area (Å²) in [5.41, 5.74) is 2.87. The molecule has 24 heavy (non-hydrogen) atoms. The number of aromatic nitrogens is 5. The number of aromatic amines is 1. The molecule has 1 fully saturated rings. The number of nitrogens with one attached hydrogen (secondary N) is 1. The predicted octanol–water partition coefficient (Wildman–Crippen LogP) is 1.50. The summed E-state index contributed by atoms with van der Waals surface area (Å²) in [5.74, 6) is 0.610. The van der Waals surface area contributed by atoms with Crippen LogP contribution < -0.4 is 0 Å². The van der Waals surface area contributed by atoms with E-state index in [2.05, 4.69) is 64.2 Å². The van der Waals surface area contributed by atoms with Gasteiger partial charge in [0.25, 0.3) is 0 Å². The van der Waals surface area contributed by atoms with Crippen molar-refractivity contribution in [3.63, 3.8) is 0 Å². The Bertz CT molecular complexity index is 637. The van der Waals surface area contributed by atoms with Crippen LogP contribution in [0.25, 0.3) is 11.4 Å². The van der Waals surface area contributed by atoms with E-state index in [-0.39, 0.29) is 0 Å². The first-order chi connectivity index (χ1) is 11.5. The monoisotopic (exact) mass is 331 g/mol. The van der Waals surface area contributed by atoms with Crippen LogP contribution in [0.4, 0.5) is 0 Å². The average Bonchev–Trinajstić information content (AvgIpc) is 3.16. The normalized spacial score (nSPS) is 18.4. The zero-order chi connectivity index (χ0) is 17.1. The van der Waals surface area contributed by atoms with E-state index in [9.17, 15) is 0 Å². The van der Waals surface area contributed by atoms with Gasteiger partial charge in [-0.1, -0.05) is 19.1 Å². The van der Waals surface area contributed by atoms with Gasteiger partial charge in [0.1, 0.15) is 11.4 Å². The lowest BCUT2D eigenvalue weighted by Gasteiger charge is -2.36. The van der Waals surface area contributed by atoms with Gasteiger partial charge in [0.2, 0.25) is 0 Å². The molecule has 3 heterocycles. The van der Waals surface area contributed by atoms with Crippen molar-refractivity contribution in [1.29, 1.82) is 0 Å². The average molecular weight is 331 g/mol. The molecule has 2 aromatic heterocycles. The Balaban J connectivity index is 1.60. The molecule has 0 aliphatic carbocycles. The first-order valence-electron chi connectivity index (χ1n) is 8.88. The fourth-order valence-electron chi connectivity index (χ4n) is 3.19. The smallest absolute Gasteiger partial charge is 0.133 e. The highest BCUT2D eigenvalue weighted by Crippen LogP contribution is 2.16. The van der Waals surface area contributed by atoms with E-state index in [1.165, 1.54) is 0 Å². The van der Waals surface area contributed by atoms with Crippen molar-refractivity contribution in [3.05, 3.63) is 18.0 Å². The number of nitrogens with zero attached hydrogens (tertiary/aromatic N) is 6.